The van der Waals surface area contributed by atoms with Crippen LogP contribution in [0.4, 0.5) is 4.79 Å². The lowest BCUT2D eigenvalue weighted by molar-refractivity contribution is -0.134. The number of fused-ring (bicyclic) bond motifs is 1. The fourth-order valence-electron chi connectivity index (χ4n) is 8.56. The molecule has 0 aromatic heterocycles. The summed E-state index contributed by atoms with van der Waals surface area (Å²) in [5, 5.41) is 0.602. The van der Waals surface area contributed by atoms with E-state index in [1.165, 1.54) is 4.90 Å². The van der Waals surface area contributed by atoms with Crippen molar-refractivity contribution >= 4 is 31.9 Å². The molecule has 1 saturated heterocycles. The first-order valence-corrected chi connectivity index (χ1v) is 19.3. The van der Waals surface area contributed by atoms with Crippen molar-refractivity contribution in [2.45, 2.75) is 123 Å². The Morgan fingerprint density at radius 2 is 1.54 bits per heavy atom. The number of hydrogen-bond donors (Lipinski definition) is 0. The van der Waals surface area contributed by atoms with Crippen molar-refractivity contribution in [3.63, 3.8) is 0 Å². The highest BCUT2D eigenvalue weighted by Gasteiger charge is 2.62. The van der Waals surface area contributed by atoms with Crippen LogP contribution in [0, 0.1) is 11.3 Å². The molecule has 0 radical (unpaired) electrons. The van der Waals surface area contributed by atoms with Gasteiger partial charge in [0, 0.05) is 28.8 Å². The summed E-state index contributed by atoms with van der Waals surface area (Å²) in [6, 6.07) is 13.9. The summed E-state index contributed by atoms with van der Waals surface area (Å²) in [5.74, 6) is 0.849. The number of carbonyl (C=O) groups is 2. The average molecular weight is 668 g/mol. The molecule has 46 heavy (non-hydrogen) atoms. The fraction of sp³-hybridized carbons (Fsp3) is 0.579. The lowest BCUT2D eigenvalue weighted by Gasteiger charge is -2.44. The van der Waals surface area contributed by atoms with E-state index in [-0.39, 0.29) is 23.7 Å². The molecule has 4 rings (SSSR count). The first-order chi connectivity index (χ1) is 21.4. The molecule has 2 aromatic rings. The van der Waals surface area contributed by atoms with Gasteiger partial charge >= 0.3 is 6.09 Å². The maximum Gasteiger partial charge on any atom is 0.417 e. The zero-order valence-electron chi connectivity index (χ0n) is 29.8. The summed E-state index contributed by atoms with van der Waals surface area (Å²) < 4.78 is 18.2. The molecular weight excluding hydrogens is 614 g/mol. The van der Waals surface area contributed by atoms with Gasteiger partial charge in [-0.15, -0.1) is 0 Å². The zero-order chi connectivity index (χ0) is 34.4. The molecule has 0 N–H and O–H groups in total. The minimum Gasteiger partial charge on any atom is -0.543 e. The van der Waals surface area contributed by atoms with Crippen molar-refractivity contribution in [1.82, 2.24) is 4.90 Å². The molecule has 0 spiro atoms. The van der Waals surface area contributed by atoms with Crippen LogP contribution in [0.1, 0.15) is 106 Å². The monoisotopic (exact) mass is 667 g/mol. The van der Waals surface area contributed by atoms with Gasteiger partial charge in [0.2, 0.25) is 5.91 Å². The van der Waals surface area contributed by atoms with E-state index in [4.69, 9.17) is 25.5 Å². The Balaban J connectivity index is 1.86. The van der Waals surface area contributed by atoms with E-state index in [0.717, 1.165) is 16.9 Å². The van der Waals surface area contributed by atoms with Crippen LogP contribution in [0.3, 0.4) is 0 Å². The van der Waals surface area contributed by atoms with Gasteiger partial charge in [-0.3, -0.25) is 4.79 Å². The molecule has 1 fully saturated rings. The number of allylic oxidation sites excluding steroid dienone is 1. The SMILES string of the molecule is CC[C@@]12C=C[C@@H](c3ccc(OC)cc3Cl)[C@H](c3ccc(O[Si](C(C)C)(C(C)C)C(C)C)cc3)[C@@H]1[C@H](C)N(C(=O)OC(C)(C)C)C2=O. The van der Waals surface area contributed by atoms with Crippen LogP contribution in [0.15, 0.2) is 54.6 Å². The Bertz CT molecular complexity index is 1420. The first kappa shape index (κ1) is 36.1. The fourth-order valence-corrected chi connectivity index (χ4v) is 14.1. The highest BCUT2D eigenvalue weighted by molar-refractivity contribution is 6.78. The number of amides is 2. The molecule has 2 aromatic carbocycles. The Morgan fingerprint density at radius 1 is 0.978 bits per heavy atom. The first-order valence-electron chi connectivity index (χ1n) is 16.8. The Labute approximate surface area is 283 Å². The Hall–Kier alpha value is -2.77. The van der Waals surface area contributed by atoms with Gasteiger partial charge in [-0.25, -0.2) is 9.69 Å². The summed E-state index contributed by atoms with van der Waals surface area (Å²) in [4.78, 5) is 29.2. The van der Waals surface area contributed by atoms with E-state index in [1.54, 1.807) is 7.11 Å². The van der Waals surface area contributed by atoms with Crippen LogP contribution in [0.2, 0.25) is 21.6 Å². The molecule has 252 valence electrons. The second-order valence-electron chi connectivity index (χ2n) is 15.1. The van der Waals surface area contributed by atoms with Crippen LogP contribution in [0.25, 0.3) is 0 Å². The van der Waals surface area contributed by atoms with Gasteiger partial charge in [-0.1, -0.05) is 90.4 Å². The highest BCUT2D eigenvalue weighted by Crippen LogP contribution is 2.60. The molecule has 1 aliphatic carbocycles. The number of imide groups is 1. The molecule has 0 bridgehead atoms. The molecule has 0 unspecified atom stereocenters. The number of carbonyl (C=O) groups excluding carboxylic acids is 2. The molecule has 5 atom stereocenters. The average Bonchev–Trinajstić information content (AvgIpc) is 3.20. The molecule has 1 heterocycles. The largest absolute Gasteiger partial charge is 0.543 e. The van der Waals surface area contributed by atoms with Gasteiger partial charge in [0.25, 0.3) is 8.32 Å². The number of ether oxygens (including phenoxy) is 2. The summed E-state index contributed by atoms with van der Waals surface area (Å²) in [5.41, 5.74) is 1.79. The van der Waals surface area contributed by atoms with Gasteiger partial charge in [0.15, 0.2) is 0 Å². The third-order valence-corrected chi connectivity index (χ3v) is 16.9. The standard InChI is InChI=1S/C38H54ClNO5Si/c1-13-38-21-20-31(30-19-18-29(43-12)22-32(30)39)33(34(38)26(8)40(35(38)41)36(42)44-37(9,10)11)27-14-16-28(17-15-27)45-46(23(2)3,24(4)5)25(6)7/h14-26,31,33-34H,13H2,1-12H3/t26-,31-,33-,34-,38+/m0/s1. The summed E-state index contributed by atoms with van der Waals surface area (Å²) in [6.07, 6.45) is 4.12. The second kappa shape index (κ2) is 13.4. The van der Waals surface area contributed by atoms with Crippen LogP contribution < -0.4 is 9.16 Å². The van der Waals surface area contributed by atoms with E-state index < -0.39 is 31.5 Å². The van der Waals surface area contributed by atoms with Crippen molar-refractivity contribution in [1.29, 1.82) is 0 Å². The lowest BCUT2D eigenvalue weighted by Crippen LogP contribution is -2.50. The number of methoxy groups -OCH3 is 1. The zero-order valence-corrected chi connectivity index (χ0v) is 31.6. The van der Waals surface area contributed by atoms with Crippen LogP contribution >= 0.6 is 11.6 Å². The van der Waals surface area contributed by atoms with Crippen molar-refractivity contribution < 1.29 is 23.5 Å². The number of nitrogens with zero attached hydrogens (tertiary/aromatic N) is 1. The minimum absolute atomic E-state index is 0.140. The highest BCUT2D eigenvalue weighted by atomic mass is 35.5. The predicted molar refractivity (Wildman–Crippen MR) is 189 cm³/mol. The smallest absolute Gasteiger partial charge is 0.417 e. The topological polar surface area (TPSA) is 65.1 Å². The number of likely N-dealkylation sites (tertiary alicyclic amines) is 1. The second-order valence-corrected chi connectivity index (χ2v) is 20.9. The third-order valence-electron chi connectivity index (χ3n) is 10.5. The maximum absolute atomic E-state index is 14.3. The van der Waals surface area contributed by atoms with E-state index >= 15 is 0 Å². The molecule has 2 aliphatic rings. The molecule has 0 saturated carbocycles. The molecule has 1 aliphatic heterocycles. The number of rotatable bonds is 9. The van der Waals surface area contributed by atoms with Crippen LogP contribution in [0.5, 0.6) is 11.5 Å². The number of halogens is 1. The molecular formula is C38H54ClNO5Si. The normalized spacial score (nSPS) is 25.0. The summed E-state index contributed by atoms with van der Waals surface area (Å²) in [6.45, 7) is 23.2. The van der Waals surface area contributed by atoms with E-state index in [9.17, 15) is 9.59 Å². The minimum atomic E-state index is -2.15. The van der Waals surface area contributed by atoms with Gasteiger partial charge in [0.05, 0.1) is 12.5 Å². The molecule has 8 heteroatoms. The number of benzene rings is 2. The van der Waals surface area contributed by atoms with Gasteiger partial charge in [0.1, 0.15) is 17.1 Å². The van der Waals surface area contributed by atoms with E-state index in [1.807, 2.05) is 58.9 Å². The van der Waals surface area contributed by atoms with Gasteiger partial charge in [-0.05, 0) is 86.1 Å². The lowest BCUT2D eigenvalue weighted by atomic mass is 9.57. The van der Waals surface area contributed by atoms with E-state index in [2.05, 4.69) is 71.9 Å². The van der Waals surface area contributed by atoms with Gasteiger partial charge in [-0.2, -0.15) is 0 Å². The Kier molecular flexibility index (Phi) is 10.5. The van der Waals surface area contributed by atoms with Gasteiger partial charge < -0.3 is 13.9 Å². The van der Waals surface area contributed by atoms with Crippen molar-refractivity contribution in [3.8, 4) is 11.5 Å². The van der Waals surface area contributed by atoms with Crippen molar-refractivity contribution in [2.75, 3.05) is 7.11 Å². The summed E-state index contributed by atoms with van der Waals surface area (Å²) >= 11 is 6.93. The molecule has 2 amide bonds. The predicted octanol–water partition coefficient (Wildman–Crippen LogP) is 10.5. The quantitative estimate of drug-likeness (QED) is 0.197. The van der Waals surface area contributed by atoms with Crippen molar-refractivity contribution in [3.05, 3.63) is 70.8 Å². The maximum atomic E-state index is 14.3. The van der Waals surface area contributed by atoms with Crippen molar-refractivity contribution in [2.24, 2.45) is 11.3 Å². The van der Waals surface area contributed by atoms with E-state index in [0.29, 0.717) is 33.8 Å². The molecule has 6 nitrogen and oxygen atoms in total. The third kappa shape index (κ3) is 6.26. The van der Waals surface area contributed by atoms with Crippen LogP contribution in [-0.2, 0) is 9.53 Å². The number of hydrogen-bond acceptors (Lipinski definition) is 5. The van der Waals surface area contributed by atoms with Crippen LogP contribution in [-0.4, -0.2) is 44.0 Å². The summed E-state index contributed by atoms with van der Waals surface area (Å²) in [7, 11) is -0.527. The Morgan fingerprint density at radius 3 is 2.02 bits per heavy atom.